The van der Waals surface area contributed by atoms with Gasteiger partial charge in [0.15, 0.2) is 0 Å². The van der Waals surface area contributed by atoms with Crippen LogP contribution in [0.1, 0.15) is 42.3 Å². The second-order valence-corrected chi connectivity index (χ2v) is 7.78. The molecule has 0 radical (unpaired) electrons. The van der Waals surface area contributed by atoms with Crippen molar-refractivity contribution >= 4 is 11.8 Å². The Morgan fingerprint density at radius 2 is 2.20 bits per heavy atom. The van der Waals surface area contributed by atoms with E-state index in [2.05, 4.69) is 25.7 Å². The number of piperazine rings is 1. The number of aromatic nitrogens is 2. The number of ether oxygens (including phenoxy) is 1. The molecule has 0 unspecified atom stereocenters. The molecular formula is C22H29N5O3. The van der Waals surface area contributed by atoms with Crippen LogP contribution in [0.2, 0.25) is 0 Å². The van der Waals surface area contributed by atoms with Crippen LogP contribution < -0.4 is 15.4 Å². The Labute approximate surface area is 176 Å². The molecule has 1 aromatic heterocycles. The zero-order valence-corrected chi connectivity index (χ0v) is 17.4. The summed E-state index contributed by atoms with van der Waals surface area (Å²) in [6.07, 6.45) is 3.28. The second kappa shape index (κ2) is 9.30. The number of benzene rings is 1. The molecule has 0 bridgehead atoms. The van der Waals surface area contributed by atoms with Crippen molar-refractivity contribution in [3.05, 3.63) is 46.8 Å². The Balaban J connectivity index is 1.39. The number of carbonyl (C=O) groups is 2. The number of hydrogen-bond acceptors (Lipinski definition) is 5. The topological polar surface area (TPSA) is 99.3 Å². The first-order valence-corrected chi connectivity index (χ1v) is 10.7. The summed E-state index contributed by atoms with van der Waals surface area (Å²) in [5, 5.41) is 13.2. The van der Waals surface area contributed by atoms with Gasteiger partial charge >= 0.3 is 0 Å². The number of para-hydroxylation sites is 1. The van der Waals surface area contributed by atoms with E-state index in [4.69, 9.17) is 4.74 Å². The third-order valence-corrected chi connectivity index (χ3v) is 5.81. The highest BCUT2D eigenvalue weighted by atomic mass is 16.5. The summed E-state index contributed by atoms with van der Waals surface area (Å²) in [6, 6.07) is 7.35. The molecule has 8 nitrogen and oxygen atoms in total. The molecule has 4 rings (SSSR count). The van der Waals surface area contributed by atoms with E-state index in [1.807, 2.05) is 31.2 Å². The van der Waals surface area contributed by atoms with Gasteiger partial charge in [-0.2, -0.15) is 5.10 Å². The van der Waals surface area contributed by atoms with Crippen LogP contribution in [0.15, 0.2) is 24.3 Å². The van der Waals surface area contributed by atoms with Gasteiger partial charge < -0.3 is 15.4 Å². The van der Waals surface area contributed by atoms with Gasteiger partial charge in [-0.05, 0) is 37.8 Å². The van der Waals surface area contributed by atoms with Crippen LogP contribution in [0.4, 0.5) is 0 Å². The van der Waals surface area contributed by atoms with Gasteiger partial charge in [0, 0.05) is 30.9 Å². The van der Waals surface area contributed by atoms with E-state index in [-0.39, 0.29) is 18.2 Å². The van der Waals surface area contributed by atoms with Gasteiger partial charge in [-0.25, -0.2) is 0 Å². The lowest BCUT2D eigenvalue weighted by Gasteiger charge is -2.35. The maximum Gasteiger partial charge on any atom is 0.237 e. The maximum atomic E-state index is 12.6. The number of hydrogen-bond donors (Lipinski definition) is 3. The van der Waals surface area contributed by atoms with Crippen LogP contribution in [-0.2, 0) is 35.5 Å². The fourth-order valence-electron chi connectivity index (χ4n) is 4.29. The van der Waals surface area contributed by atoms with Crippen molar-refractivity contribution in [2.75, 3.05) is 19.7 Å². The fraction of sp³-hybridized carbons (Fsp3) is 0.500. The summed E-state index contributed by atoms with van der Waals surface area (Å²) in [5.74, 6) is 0.572. The number of amides is 2. The average Bonchev–Trinajstić information content (AvgIpc) is 3.35. The molecule has 160 valence electrons. The van der Waals surface area contributed by atoms with Crippen molar-refractivity contribution < 1.29 is 14.3 Å². The Morgan fingerprint density at radius 1 is 1.33 bits per heavy atom. The molecule has 2 aromatic rings. The molecule has 1 atom stereocenters. The molecule has 1 aliphatic carbocycles. The van der Waals surface area contributed by atoms with Crippen molar-refractivity contribution in [1.82, 2.24) is 25.7 Å². The summed E-state index contributed by atoms with van der Waals surface area (Å²) in [5.41, 5.74) is 4.35. The van der Waals surface area contributed by atoms with Gasteiger partial charge in [-0.1, -0.05) is 18.2 Å². The van der Waals surface area contributed by atoms with Crippen LogP contribution in [0, 0.1) is 0 Å². The number of rotatable bonds is 8. The van der Waals surface area contributed by atoms with Crippen molar-refractivity contribution in [3.63, 3.8) is 0 Å². The minimum absolute atomic E-state index is 0.106. The minimum Gasteiger partial charge on any atom is -0.494 e. The number of aryl methyl sites for hydroxylation is 1. The minimum atomic E-state index is -0.502. The first-order valence-electron chi connectivity index (χ1n) is 10.7. The molecule has 0 spiro atoms. The van der Waals surface area contributed by atoms with E-state index >= 15 is 0 Å². The molecule has 1 aromatic carbocycles. The number of aromatic amines is 1. The average molecular weight is 412 g/mol. The molecular weight excluding hydrogens is 382 g/mol. The predicted octanol–water partition coefficient (Wildman–Crippen LogP) is 1.30. The Morgan fingerprint density at radius 3 is 3.07 bits per heavy atom. The normalized spacial score (nSPS) is 18.7. The predicted molar refractivity (Wildman–Crippen MR) is 112 cm³/mol. The van der Waals surface area contributed by atoms with Gasteiger partial charge in [0.1, 0.15) is 5.75 Å². The van der Waals surface area contributed by atoms with E-state index < -0.39 is 6.04 Å². The summed E-state index contributed by atoms with van der Waals surface area (Å²) in [6.45, 7) is 4.76. The van der Waals surface area contributed by atoms with Crippen molar-refractivity contribution in [3.8, 4) is 5.75 Å². The zero-order chi connectivity index (χ0) is 20.9. The first-order chi connectivity index (χ1) is 14.7. The van der Waals surface area contributed by atoms with Crippen molar-refractivity contribution in [2.45, 2.75) is 51.7 Å². The number of H-pyrrole nitrogens is 1. The van der Waals surface area contributed by atoms with Gasteiger partial charge in [0.2, 0.25) is 11.8 Å². The Bertz CT molecular complexity index is 910. The van der Waals surface area contributed by atoms with E-state index in [1.165, 1.54) is 11.3 Å². The van der Waals surface area contributed by atoms with Crippen LogP contribution in [-0.4, -0.2) is 52.6 Å². The van der Waals surface area contributed by atoms with Crippen LogP contribution >= 0.6 is 0 Å². The lowest BCUT2D eigenvalue weighted by molar-refractivity contribution is -0.134. The highest BCUT2D eigenvalue weighted by Gasteiger charge is 2.32. The molecule has 1 aliphatic heterocycles. The molecule has 2 aliphatic rings. The molecule has 1 fully saturated rings. The van der Waals surface area contributed by atoms with Crippen LogP contribution in [0.5, 0.6) is 5.75 Å². The zero-order valence-electron chi connectivity index (χ0n) is 17.4. The van der Waals surface area contributed by atoms with Gasteiger partial charge in [-0.3, -0.25) is 19.6 Å². The molecule has 8 heteroatoms. The van der Waals surface area contributed by atoms with Gasteiger partial charge in [-0.15, -0.1) is 0 Å². The highest BCUT2D eigenvalue weighted by molar-refractivity contribution is 5.88. The summed E-state index contributed by atoms with van der Waals surface area (Å²) >= 11 is 0. The SMILES string of the molecule is CCOc1ccccc1CN1CCNC(=O)[C@H]1CC(=O)NCc1n[nH]c2c1CCC2. The summed E-state index contributed by atoms with van der Waals surface area (Å²) in [7, 11) is 0. The van der Waals surface area contributed by atoms with Gasteiger partial charge in [0.05, 0.1) is 31.3 Å². The Hall–Kier alpha value is -2.87. The quantitative estimate of drug-likeness (QED) is 0.608. The monoisotopic (exact) mass is 411 g/mol. The van der Waals surface area contributed by atoms with Crippen molar-refractivity contribution in [1.29, 1.82) is 0 Å². The molecule has 30 heavy (non-hydrogen) atoms. The van der Waals surface area contributed by atoms with E-state index in [1.54, 1.807) is 0 Å². The largest absolute Gasteiger partial charge is 0.494 e. The first kappa shape index (κ1) is 20.4. The fourth-order valence-corrected chi connectivity index (χ4v) is 4.29. The van der Waals surface area contributed by atoms with E-state index in [9.17, 15) is 9.59 Å². The maximum absolute atomic E-state index is 12.6. The van der Waals surface area contributed by atoms with Crippen LogP contribution in [0.25, 0.3) is 0 Å². The Kier molecular flexibility index (Phi) is 6.32. The number of carbonyl (C=O) groups excluding carboxylic acids is 2. The lowest BCUT2D eigenvalue weighted by Crippen LogP contribution is -2.56. The number of nitrogens with one attached hydrogen (secondary N) is 3. The molecule has 3 N–H and O–H groups in total. The molecule has 1 saturated heterocycles. The van der Waals surface area contributed by atoms with Crippen molar-refractivity contribution in [2.24, 2.45) is 0 Å². The van der Waals surface area contributed by atoms with Gasteiger partial charge in [0.25, 0.3) is 0 Å². The van der Waals surface area contributed by atoms with E-state index in [0.717, 1.165) is 36.3 Å². The second-order valence-electron chi connectivity index (χ2n) is 7.78. The standard InChI is InChI=1S/C22H29N5O3/c1-2-30-20-9-4-3-6-15(20)14-27-11-10-23-22(29)19(27)12-21(28)24-13-18-16-7-5-8-17(16)25-26-18/h3-4,6,9,19H,2,5,7-8,10-14H2,1H3,(H,23,29)(H,24,28)(H,25,26)/t19-/m1/s1. The van der Waals surface area contributed by atoms with Crippen LogP contribution in [0.3, 0.4) is 0 Å². The molecule has 2 amide bonds. The third-order valence-electron chi connectivity index (χ3n) is 5.81. The highest BCUT2D eigenvalue weighted by Crippen LogP contribution is 2.24. The smallest absolute Gasteiger partial charge is 0.237 e. The van der Waals surface area contributed by atoms with E-state index in [0.29, 0.717) is 32.8 Å². The summed E-state index contributed by atoms with van der Waals surface area (Å²) < 4.78 is 5.72. The third kappa shape index (κ3) is 4.48. The number of fused-ring (bicyclic) bond motifs is 1. The molecule has 2 heterocycles. The lowest BCUT2D eigenvalue weighted by atomic mass is 10.1. The number of nitrogens with zero attached hydrogens (tertiary/aromatic N) is 2. The molecule has 0 saturated carbocycles. The summed E-state index contributed by atoms with van der Waals surface area (Å²) in [4.78, 5) is 27.2.